The number of fused-ring (bicyclic) bond motifs is 1. The molecule has 1 saturated heterocycles. The van der Waals surface area contributed by atoms with E-state index in [2.05, 4.69) is 19.7 Å². The molecule has 1 aromatic carbocycles. The summed E-state index contributed by atoms with van der Waals surface area (Å²) in [6, 6.07) is 10.1. The lowest BCUT2D eigenvalue weighted by molar-refractivity contribution is 0.0953. The Morgan fingerprint density at radius 1 is 1.13 bits per heavy atom. The number of pyridine rings is 1. The van der Waals surface area contributed by atoms with Crippen LogP contribution in [0.25, 0.3) is 17.0 Å². The molecular weight excluding hydrogens is 425 g/mol. The molecule has 1 unspecified atom stereocenters. The first-order chi connectivity index (χ1) is 14.7. The number of rotatable bonds is 6. The van der Waals surface area contributed by atoms with Crippen molar-refractivity contribution in [2.45, 2.75) is 36.4 Å². The highest BCUT2D eigenvalue weighted by Crippen LogP contribution is 2.28. The quantitative estimate of drug-likeness (QED) is 0.398. The molecule has 4 aromatic rings. The maximum absolute atomic E-state index is 13.4. The SMILES string of the molecule is Fc1ccc(-c2nnc(SCc3cn4cc(Cl)ccc4n3)n2CC2CCCO2)cc1. The summed E-state index contributed by atoms with van der Waals surface area (Å²) in [5.74, 6) is 1.09. The molecule has 3 aromatic heterocycles. The Hall–Kier alpha value is -2.42. The average molecular weight is 444 g/mol. The van der Waals surface area contributed by atoms with Gasteiger partial charge in [-0.3, -0.25) is 4.57 Å². The van der Waals surface area contributed by atoms with E-state index >= 15 is 0 Å². The predicted octanol–water partition coefficient (Wildman–Crippen LogP) is 4.86. The predicted molar refractivity (Wildman–Crippen MR) is 114 cm³/mol. The molecule has 9 heteroatoms. The van der Waals surface area contributed by atoms with Crippen molar-refractivity contribution in [3.05, 3.63) is 65.3 Å². The first-order valence-electron chi connectivity index (χ1n) is 9.72. The molecule has 1 fully saturated rings. The number of ether oxygens (including phenoxy) is 1. The van der Waals surface area contributed by atoms with Gasteiger partial charge in [0.15, 0.2) is 11.0 Å². The molecule has 0 N–H and O–H groups in total. The van der Waals surface area contributed by atoms with E-state index < -0.39 is 0 Å². The van der Waals surface area contributed by atoms with Gasteiger partial charge in [0.1, 0.15) is 11.5 Å². The van der Waals surface area contributed by atoms with Gasteiger partial charge in [0.25, 0.3) is 0 Å². The summed E-state index contributed by atoms with van der Waals surface area (Å²) in [4.78, 5) is 4.64. The molecule has 6 nitrogen and oxygen atoms in total. The number of thioether (sulfide) groups is 1. The number of halogens is 2. The van der Waals surface area contributed by atoms with Crippen molar-refractivity contribution in [2.24, 2.45) is 0 Å². The highest BCUT2D eigenvalue weighted by atomic mass is 35.5. The van der Waals surface area contributed by atoms with Crippen LogP contribution in [0.1, 0.15) is 18.5 Å². The zero-order valence-electron chi connectivity index (χ0n) is 16.0. The lowest BCUT2D eigenvalue weighted by Gasteiger charge is -2.14. The van der Waals surface area contributed by atoms with Gasteiger partial charge in [-0.15, -0.1) is 10.2 Å². The normalized spacial score (nSPS) is 16.5. The van der Waals surface area contributed by atoms with E-state index in [1.54, 1.807) is 23.9 Å². The van der Waals surface area contributed by atoms with Crippen LogP contribution in [0.5, 0.6) is 0 Å². The number of hydrogen-bond donors (Lipinski definition) is 0. The molecule has 5 rings (SSSR count). The summed E-state index contributed by atoms with van der Waals surface area (Å²) < 4.78 is 23.2. The third kappa shape index (κ3) is 4.08. The van der Waals surface area contributed by atoms with Crippen LogP contribution in [-0.4, -0.2) is 36.9 Å². The fraction of sp³-hybridized carbons (Fsp3) is 0.286. The van der Waals surface area contributed by atoms with Crippen LogP contribution in [-0.2, 0) is 17.0 Å². The van der Waals surface area contributed by atoms with Gasteiger partial charge in [0.2, 0.25) is 0 Å². The number of imidazole rings is 1. The molecule has 0 aliphatic carbocycles. The van der Waals surface area contributed by atoms with Gasteiger partial charge in [-0.05, 0) is 49.2 Å². The molecule has 0 bridgehead atoms. The van der Waals surface area contributed by atoms with Crippen LogP contribution in [0.4, 0.5) is 4.39 Å². The van der Waals surface area contributed by atoms with Gasteiger partial charge in [-0.2, -0.15) is 0 Å². The third-order valence-electron chi connectivity index (χ3n) is 5.04. The highest BCUT2D eigenvalue weighted by molar-refractivity contribution is 7.98. The second-order valence-corrected chi connectivity index (χ2v) is 8.57. The van der Waals surface area contributed by atoms with Crippen LogP contribution in [0.3, 0.4) is 0 Å². The van der Waals surface area contributed by atoms with Crippen LogP contribution < -0.4 is 0 Å². The minimum absolute atomic E-state index is 0.136. The van der Waals surface area contributed by atoms with E-state index in [0.717, 1.165) is 47.3 Å². The van der Waals surface area contributed by atoms with Crippen LogP contribution in [0.15, 0.2) is 53.9 Å². The molecule has 0 spiro atoms. The molecule has 1 atom stereocenters. The number of aromatic nitrogens is 5. The van der Waals surface area contributed by atoms with Crippen molar-refractivity contribution in [1.29, 1.82) is 0 Å². The van der Waals surface area contributed by atoms with Gasteiger partial charge in [0.05, 0.1) is 23.4 Å². The number of hydrogen-bond acceptors (Lipinski definition) is 5. The largest absolute Gasteiger partial charge is 0.376 e. The van der Waals surface area contributed by atoms with Gasteiger partial charge >= 0.3 is 0 Å². The maximum Gasteiger partial charge on any atom is 0.191 e. The van der Waals surface area contributed by atoms with Crippen LogP contribution in [0.2, 0.25) is 5.02 Å². The Morgan fingerprint density at radius 2 is 2.00 bits per heavy atom. The lowest BCUT2D eigenvalue weighted by atomic mass is 10.2. The van der Waals surface area contributed by atoms with Crippen LogP contribution >= 0.6 is 23.4 Å². The Balaban J connectivity index is 1.41. The minimum Gasteiger partial charge on any atom is -0.376 e. The summed E-state index contributed by atoms with van der Waals surface area (Å²) in [5, 5.41) is 10.3. The molecule has 0 amide bonds. The smallest absolute Gasteiger partial charge is 0.191 e. The van der Waals surface area contributed by atoms with E-state index in [0.29, 0.717) is 17.3 Å². The van der Waals surface area contributed by atoms with Crippen molar-refractivity contribution in [3.8, 4) is 11.4 Å². The fourth-order valence-corrected chi connectivity index (χ4v) is 4.59. The summed E-state index contributed by atoms with van der Waals surface area (Å²) in [6.45, 7) is 1.45. The Bertz CT molecular complexity index is 1170. The van der Waals surface area contributed by atoms with E-state index in [1.165, 1.54) is 12.1 Å². The molecule has 30 heavy (non-hydrogen) atoms. The summed E-state index contributed by atoms with van der Waals surface area (Å²) in [7, 11) is 0. The molecule has 0 radical (unpaired) electrons. The second kappa shape index (κ2) is 8.37. The molecule has 4 heterocycles. The Labute approximate surface area is 182 Å². The number of benzene rings is 1. The van der Waals surface area contributed by atoms with Crippen molar-refractivity contribution in [3.63, 3.8) is 0 Å². The Kier molecular flexibility index (Phi) is 5.45. The highest BCUT2D eigenvalue weighted by Gasteiger charge is 2.22. The number of nitrogens with zero attached hydrogens (tertiary/aromatic N) is 5. The summed E-state index contributed by atoms with van der Waals surface area (Å²) in [5.41, 5.74) is 2.61. The molecule has 1 aliphatic heterocycles. The van der Waals surface area contributed by atoms with E-state index in [-0.39, 0.29) is 11.9 Å². The third-order valence-corrected chi connectivity index (χ3v) is 6.27. The van der Waals surface area contributed by atoms with Crippen molar-refractivity contribution in [2.75, 3.05) is 6.61 Å². The second-order valence-electron chi connectivity index (χ2n) is 7.19. The summed E-state index contributed by atoms with van der Waals surface area (Å²) in [6.07, 6.45) is 6.01. The van der Waals surface area contributed by atoms with Gasteiger partial charge < -0.3 is 9.14 Å². The first kappa shape index (κ1) is 19.5. The topological polar surface area (TPSA) is 57.2 Å². The van der Waals surface area contributed by atoms with E-state index in [1.807, 2.05) is 28.9 Å². The van der Waals surface area contributed by atoms with Gasteiger partial charge in [0, 0.05) is 30.3 Å². The first-order valence-corrected chi connectivity index (χ1v) is 11.1. The average Bonchev–Trinajstić information content (AvgIpc) is 3.47. The molecule has 154 valence electrons. The molecular formula is C21H19ClFN5OS. The molecule has 1 aliphatic rings. The monoisotopic (exact) mass is 443 g/mol. The zero-order chi connectivity index (χ0) is 20.5. The zero-order valence-corrected chi connectivity index (χ0v) is 17.6. The van der Waals surface area contributed by atoms with Crippen LogP contribution in [0, 0.1) is 5.82 Å². The lowest BCUT2D eigenvalue weighted by Crippen LogP contribution is -2.16. The van der Waals surface area contributed by atoms with Crippen molar-refractivity contribution >= 4 is 29.0 Å². The van der Waals surface area contributed by atoms with Crippen molar-refractivity contribution in [1.82, 2.24) is 24.1 Å². The minimum atomic E-state index is -0.273. The van der Waals surface area contributed by atoms with E-state index in [4.69, 9.17) is 16.3 Å². The van der Waals surface area contributed by atoms with E-state index in [9.17, 15) is 4.39 Å². The fourth-order valence-electron chi connectivity index (χ4n) is 3.59. The van der Waals surface area contributed by atoms with Gasteiger partial charge in [-0.25, -0.2) is 9.37 Å². The van der Waals surface area contributed by atoms with Crippen molar-refractivity contribution < 1.29 is 9.13 Å². The standard InChI is InChI=1S/C21H19ClFN5OS/c22-15-5-8-19-24-17(11-27(19)10-15)13-30-21-26-25-20(14-3-6-16(23)7-4-14)28(21)12-18-2-1-9-29-18/h3-8,10-11,18H,1-2,9,12-13H2. The molecule has 0 saturated carbocycles. The summed E-state index contributed by atoms with van der Waals surface area (Å²) >= 11 is 7.64. The Morgan fingerprint density at radius 3 is 2.80 bits per heavy atom. The maximum atomic E-state index is 13.4. The van der Waals surface area contributed by atoms with Gasteiger partial charge in [-0.1, -0.05) is 23.4 Å².